The van der Waals surface area contributed by atoms with E-state index < -0.39 is 0 Å². The van der Waals surface area contributed by atoms with E-state index in [1.165, 1.54) is 0 Å². The van der Waals surface area contributed by atoms with Crippen molar-refractivity contribution >= 4 is 23.4 Å². The lowest BCUT2D eigenvalue weighted by Gasteiger charge is -2.09. The normalized spacial score (nSPS) is 10.6. The van der Waals surface area contributed by atoms with Gasteiger partial charge in [0.2, 0.25) is 0 Å². The van der Waals surface area contributed by atoms with Gasteiger partial charge in [0.1, 0.15) is 5.76 Å². The highest BCUT2D eigenvalue weighted by molar-refractivity contribution is 7.98. The zero-order chi connectivity index (χ0) is 16.9. The number of anilines is 1. The van der Waals surface area contributed by atoms with Crippen LogP contribution >= 0.6 is 11.8 Å². The van der Waals surface area contributed by atoms with E-state index in [1.807, 2.05) is 44.2 Å². The van der Waals surface area contributed by atoms with Gasteiger partial charge in [-0.2, -0.15) is 0 Å². The second-order valence-electron chi connectivity index (χ2n) is 5.28. The van der Waals surface area contributed by atoms with Crippen LogP contribution in [0.15, 0.2) is 58.2 Å². The van der Waals surface area contributed by atoms with E-state index >= 15 is 0 Å². The predicted octanol–water partition coefficient (Wildman–Crippen LogP) is 4.23. The highest BCUT2D eigenvalue weighted by Gasteiger charge is 2.14. The summed E-state index contributed by atoms with van der Waals surface area (Å²) in [6.07, 6.45) is 3.29. The molecule has 3 rings (SSSR count). The molecule has 0 bridgehead atoms. The number of aromatic nitrogens is 2. The molecule has 0 spiro atoms. The number of aryl methyl sites for hydroxylation is 2. The van der Waals surface area contributed by atoms with Crippen LogP contribution in [0.4, 0.5) is 5.69 Å². The summed E-state index contributed by atoms with van der Waals surface area (Å²) < 4.78 is 5.19. The monoisotopic (exact) mass is 339 g/mol. The van der Waals surface area contributed by atoms with E-state index in [0.717, 1.165) is 21.9 Å². The van der Waals surface area contributed by atoms with Gasteiger partial charge in [0.15, 0.2) is 0 Å². The molecule has 1 N–H and O–H groups in total. The van der Waals surface area contributed by atoms with Crippen LogP contribution < -0.4 is 5.32 Å². The quantitative estimate of drug-likeness (QED) is 0.705. The molecule has 6 heteroatoms. The lowest BCUT2D eigenvalue weighted by molar-refractivity contribution is 0.102. The lowest BCUT2D eigenvalue weighted by atomic mass is 10.2. The van der Waals surface area contributed by atoms with Gasteiger partial charge in [-0.3, -0.25) is 9.78 Å². The van der Waals surface area contributed by atoms with Crippen molar-refractivity contribution in [2.45, 2.75) is 24.5 Å². The first-order chi connectivity index (χ1) is 11.6. The molecular weight excluding hydrogens is 322 g/mol. The third kappa shape index (κ3) is 3.65. The van der Waals surface area contributed by atoms with E-state index in [2.05, 4.69) is 15.5 Å². The number of carbonyl (C=O) groups is 1. The number of nitrogens with one attached hydrogen (secondary N) is 1. The van der Waals surface area contributed by atoms with Crippen LogP contribution in [0.2, 0.25) is 0 Å². The van der Waals surface area contributed by atoms with Gasteiger partial charge in [-0.1, -0.05) is 17.3 Å². The zero-order valence-corrected chi connectivity index (χ0v) is 14.3. The smallest absolute Gasteiger partial charge is 0.256 e. The van der Waals surface area contributed by atoms with Crippen molar-refractivity contribution in [2.75, 3.05) is 5.32 Å². The summed E-state index contributed by atoms with van der Waals surface area (Å²) in [5.74, 6) is 1.38. The second kappa shape index (κ2) is 7.31. The summed E-state index contributed by atoms with van der Waals surface area (Å²) in [6, 6.07) is 11.1. The summed E-state index contributed by atoms with van der Waals surface area (Å²) >= 11 is 1.60. The van der Waals surface area contributed by atoms with Crippen LogP contribution in [0, 0.1) is 13.8 Å². The van der Waals surface area contributed by atoms with Crippen LogP contribution in [0.5, 0.6) is 0 Å². The molecule has 0 unspecified atom stereocenters. The molecule has 0 radical (unpaired) electrons. The molecule has 0 saturated heterocycles. The van der Waals surface area contributed by atoms with Gasteiger partial charge in [-0.05, 0) is 38.1 Å². The summed E-state index contributed by atoms with van der Waals surface area (Å²) in [5.41, 5.74) is 3.27. The molecule has 2 heterocycles. The molecule has 1 aromatic carbocycles. The highest BCUT2D eigenvalue weighted by Crippen LogP contribution is 2.29. The first-order valence-corrected chi connectivity index (χ1v) is 8.48. The van der Waals surface area contributed by atoms with Crippen molar-refractivity contribution in [1.82, 2.24) is 10.1 Å². The van der Waals surface area contributed by atoms with Crippen molar-refractivity contribution in [3.8, 4) is 0 Å². The van der Waals surface area contributed by atoms with Crippen molar-refractivity contribution in [3.05, 3.63) is 71.4 Å². The Bertz CT molecular complexity index is 827. The molecule has 0 fully saturated rings. The van der Waals surface area contributed by atoms with Crippen molar-refractivity contribution in [1.29, 1.82) is 0 Å². The number of carbonyl (C=O) groups excluding carboxylic acids is 1. The third-order valence-corrected chi connectivity index (χ3v) is 4.70. The Kier molecular flexibility index (Phi) is 4.96. The Balaban J connectivity index is 1.76. The minimum absolute atomic E-state index is 0.148. The number of pyridine rings is 1. The van der Waals surface area contributed by atoms with E-state index in [1.54, 1.807) is 30.2 Å². The van der Waals surface area contributed by atoms with Crippen molar-refractivity contribution in [3.63, 3.8) is 0 Å². The summed E-state index contributed by atoms with van der Waals surface area (Å²) in [7, 11) is 0. The summed E-state index contributed by atoms with van der Waals surface area (Å²) in [4.78, 5) is 17.5. The Morgan fingerprint density at radius 1 is 1.21 bits per heavy atom. The standard InChI is InChI=1S/C18H17N3O2S/c1-12-16(13(2)23-21-12)11-24-17-8-4-3-7-15(17)18(22)20-14-6-5-9-19-10-14/h3-10H,11H2,1-2H3,(H,20,22). The van der Waals surface area contributed by atoms with Crippen LogP contribution in [0.25, 0.3) is 0 Å². The molecule has 5 nitrogen and oxygen atoms in total. The zero-order valence-electron chi connectivity index (χ0n) is 13.4. The topological polar surface area (TPSA) is 68.0 Å². The Morgan fingerprint density at radius 2 is 2.04 bits per heavy atom. The maximum absolute atomic E-state index is 12.5. The number of rotatable bonds is 5. The maximum atomic E-state index is 12.5. The van der Waals surface area contributed by atoms with E-state index in [0.29, 0.717) is 17.0 Å². The highest BCUT2D eigenvalue weighted by atomic mass is 32.2. The van der Waals surface area contributed by atoms with E-state index in [-0.39, 0.29) is 5.91 Å². The lowest BCUT2D eigenvalue weighted by Crippen LogP contribution is -2.13. The molecule has 0 atom stereocenters. The van der Waals surface area contributed by atoms with Crippen LogP contribution in [0.3, 0.4) is 0 Å². The maximum Gasteiger partial charge on any atom is 0.256 e. The molecule has 1 amide bonds. The number of hydrogen-bond donors (Lipinski definition) is 1. The van der Waals surface area contributed by atoms with Gasteiger partial charge in [-0.25, -0.2) is 0 Å². The van der Waals surface area contributed by atoms with Gasteiger partial charge < -0.3 is 9.84 Å². The SMILES string of the molecule is Cc1noc(C)c1CSc1ccccc1C(=O)Nc1cccnc1. The average Bonchev–Trinajstić information content (AvgIpc) is 2.92. The fraction of sp³-hybridized carbons (Fsp3) is 0.167. The van der Waals surface area contributed by atoms with Crippen LogP contribution in [-0.2, 0) is 5.75 Å². The minimum atomic E-state index is -0.148. The summed E-state index contributed by atoms with van der Waals surface area (Å²) in [5, 5.41) is 6.84. The Labute approximate surface area is 144 Å². The molecule has 0 aliphatic carbocycles. The van der Waals surface area contributed by atoms with Gasteiger partial charge in [0.25, 0.3) is 5.91 Å². The second-order valence-corrected chi connectivity index (χ2v) is 6.30. The fourth-order valence-corrected chi connectivity index (χ4v) is 3.48. The number of thioether (sulfide) groups is 1. The van der Waals surface area contributed by atoms with Crippen LogP contribution in [-0.4, -0.2) is 16.0 Å². The van der Waals surface area contributed by atoms with Gasteiger partial charge in [0.05, 0.1) is 23.1 Å². The molecule has 24 heavy (non-hydrogen) atoms. The van der Waals surface area contributed by atoms with Gasteiger partial charge in [-0.15, -0.1) is 11.8 Å². The number of hydrogen-bond acceptors (Lipinski definition) is 5. The minimum Gasteiger partial charge on any atom is -0.361 e. The molecule has 0 aliphatic rings. The van der Waals surface area contributed by atoms with E-state index in [9.17, 15) is 4.79 Å². The Hall–Kier alpha value is -2.60. The average molecular weight is 339 g/mol. The van der Waals surface area contributed by atoms with Gasteiger partial charge in [0, 0.05) is 22.4 Å². The first kappa shape index (κ1) is 16.3. The van der Waals surface area contributed by atoms with Crippen LogP contribution in [0.1, 0.15) is 27.4 Å². The summed E-state index contributed by atoms with van der Waals surface area (Å²) in [6.45, 7) is 3.82. The van der Waals surface area contributed by atoms with Crippen molar-refractivity contribution < 1.29 is 9.32 Å². The van der Waals surface area contributed by atoms with Gasteiger partial charge >= 0.3 is 0 Å². The predicted molar refractivity (Wildman–Crippen MR) is 94.2 cm³/mol. The van der Waals surface area contributed by atoms with E-state index in [4.69, 9.17) is 4.52 Å². The number of nitrogens with zero attached hydrogens (tertiary/aromatic N) is 2. The third-order valence-electron chi connectivity index (χ3n) is 3.60. The molecule has 0 saturated carbocycles. The fourth-order valence-electron chi connectivity index (χ4n) is 2.27. The first-order valence-electron chi connectivity index (χ1n) is 7.50. The molecule has 3 aromatic rings. The largest absolute Gasteiger partial charge is 0.361 e. The molecule has 0 aliphatic heterocycles. The molecule has 2 aromatic heterocycles. The molecular formula is C18H17N3O2S. The van der Waals surface area contributed by atoms with Crippen molar-refractivity contribution in [2.24, 2.45) is 0 Å². The number of benzene rings is 1. The molecule has 122 valence electrons. The number of amides is 1. The Morgan fingerprint density at radius 3 is 2.75 bits per heavy atom.